The van der Waals surface area contributed by atoms with E-state index < -0.39 is 11.6 Å². The Morgan fingerprint density at radius 2 is 1.88 bits per heavy atom. The van der Waals surface area contributed by atoms with E-state index in [-0.39, 0.29) is 5.91 Å². The number of benzene rings is 2. The highest BCUT2D eigenvalue weighted by molar-refractivity contribution is 6.14. The van der Waals surface area contributed by atoms with Crippen LogP contribution in [0.3, 0.4) is 0 Å². The normalized spacial score (nSPS) is 16.0. The first-order valence-electron chi connectivity index (χ1n) is 10.7. The van der Waals surface area contributed by atoms with Crippen LogP contribution in [-0.2, 0) is 13.0 Å². The van der Waals surface area contributed by atoms with Crippen LogP contribution in [0, 0.1) is 11.6 Å². The van der Waals surface area contributed by atoms with Crippen molar-refractivity contribution in [2.75, 3.05) is 13.1 Å². The van der Waals surface area contributed by atoms with Crippen molar-refractivity contribution in [1.82, 2.24) is 20.4 Å². The second kappa shape index (κ2) is 8.63. The number of piperidine rings is 1. The number of nitrogens with zero attached hydrogens (tertiary/aromatic N) is 3. The van der Waals surface area contributed by atoms with Crippen molar-refractivity contribution < 1.29 is 13.6 Å². The van der Waals surface area contributed by atoms with E-state index in [1.54, 1.807) is 12.4 Å². The number of fused-ring (bicyclic) bond motifs is 1. The highest BCUT2D eigenvalue weighted by Gasteiger charge is 2.21. The van der Waals surface area contributed by atoms with Gasteiger partial charge in [0.2, 0.25) is 0 Å². The van der Waals surface area contributed by atoms with Gasteiger partial charge in [0, 0.05) is 17.8 Å². The van der Waals surface area contributed by atoms with Crippen LogP contribution in [-0.4, -0.2) is 34.6 Å². The molecule has 3 heterocycles. The lowest BCUT2D eigenvalue weighted by atomic mass is 9.99. The van der Waals surface area contributed by atoms with Gasteiger partial charge >= 0.3 is 0 Å². The smallest absolute Gasteiger partial charge is 0.260 e. The van der Waals surface area contributed by atoms with E-state index >= 15 is 0 Å². The number of halogens is 2. The van der Waals surface area contributed by atoms with Crippen LogP contribution in [0.15, 0.2) is 53.8 Å². The minimum Gasteiger partial charge on any atom is -0.317 e. The Hall–Kier alpha value is -3.39. The molecule has 32 heavy (non-hydrogen) atoms. The van der Waals surface area contributed by atoms with Crippen molar-refractivity contribution in [1.29, 1.82) is 0 Å². The number of carbonyl (C=O) groups excluding carboxylic acids is 1. The lowest BCUT2D eigenvalue weighted by molar-refractivity contribution is 0.0977. The van der Waals surface area contributed by atoms with E-state index in [4.69, 9.17) is 0 Å². The molecule has 164 valence electrons. The molecular weight excluding hydrogens is 412 g/mol. The molecule has 2 N–H and O–H groups in total. The molecule has 3 aromatic rings. The predicted octanol–water partition coefficient (Wildman–Crippen LogP) is 3.37. The SMILES string of the molecule is O=C(NC1=NCc2ccc(Cc3cc(F)cc(F)c3)cc21)c1cnn(C2CCNCC2)c1. The van der Waals surface area contributed by atoms with Gasteiger partial charge in [-0.15, -0.1) is 0 Å². The molecule has 0 atom stereocenters. The maximum absolute atomic E-state index is 13.5. The number of hydrogen-bond donors (Lipinski definition) is 2. The molecule has 6 nitrogen and oxygen atoms in total. The third-order valence-corrected chi connectivity index (χ3v) is 5.95. The molecule has 0 radical (unpaired) electrons. The Labute approximate surface area is 184 Å². The zero-order valence-electron chi connectivity index (χ0n) is 17.4. The Balaban J connectivity index is 1.30. The van der Waals surface area contributed by atoms with Crippen LogP contribution in [0.5, 0.6) is 0 Å². The van der Waals surface area contributed by atoms with Crippen molar-refractivity contribution in [3.05, 3.63) is 88.2 Å². The van der Waals surface area contributed by atoms with Crippen molar-refractivity contribution in [3.8, 4) is 0 Å². The number of amides is 1. The molecule has 0 aliphatic carbocycles. The molecule has 1 amide bonds. The standard InChI is InChI=1S/C24H23F2N5O/c25-19-8-16(9-20(26)11-19)7-15-1-2-17-12-28-23(22(17)10-15)30-24(32)18-13-29-31(14-18)21-3-5-27-6-4-21/h1-2,8-11,13-14,21,27H,3-7,12H2,(H,28,30,32). The number of amidine groups is 1. The van der Waals surface area contributed by atoms with Crippen LogP contribution in [0.25, 0.3) is 0 Å². The Morgan fingerprint density at radius 1 is 1.09 bits per heavy atom. The topological polar surface area (TPSA) is 71.3 Å². The second-order valence-corrected chi connectivity index (χ2v) is 8.26. The maximum Gasteiger partial charge on any atom is 0.260 e. The Bertz CT molecular complexity index is 1180. The molecule has 2 aliphatic heterocycles. The fraction of sp³-hybridized carbons (Fsp3) is 0.292. The molecule has 1 aromatic heterocycles. The van der Waals surface area contributed by atoms with Gasteiger partial charge in [-0.25, -0.2) is 8.78 Å². The van der Waals surface area contributed by atoms with E-state index in [1.807, 2.05) is 22.9 Å². The molecule has 2 aromatic carbocycles. The molecule has 0 spiro atoms. The van der Waals surface area contributed by atoms with Gasteiger partial charge in [-0.3, -0.25) is 14.5 Å². The zero-order valence-corrected chi connectivity index (χ0v) is 17.4. The minimum atomic E-state index is -0.597. The minimum absolute atomic E-state index is 0.255. The summed E-state index contributed by atoms with van der Waals surface area (Å²) < 4.78 is 28.9. The van der Waals surface area contributed by atoms with Crippen molar-refractivity contribution in [3.63, 3.8) is 0 Å². The van der Waals surface area contributed by atoms with E-state index in [0.717, 1.165) is 48.7 Å². The summed E-state index contributed by atoms with van der Waals surface area (Å²) in [6.45, 7) is 2.38. The van der Waals surface area contributed by atoms with E-state index in [9.17, 15) is 13.6 Å². The zero-order chi connectivity index (χ0) is 22.1. The highest BCUT2D eigenvalue weighted by Crippen LogP contribution is 2.23. The number of aliphatic imine (C=N–C) groups is 1. The average molecular weight is 435 g/mol. The first-order chi connectivity index (χ1) is 15.5. The predicted molar refractivity (Wildman–Crippen MR) is 117 cm³/mol. The molecule has 8 heteroatoms. The number of carbonyl (C=O) groups is 1. The fourth-order valence-corrected chi connectivity index (χ4v) is 4.30. The van der Waals surface area contributed by atoms with Gasteiger partial charge in [-0.05, 0) is 67.2 Å². The Kier molecular flexibility index (Phi) is 5.53. The van der Waals surface area contributed by atoms with Crippen molar-refractivity contribution in [2.24, 2.45) is 4.99 Å². The summed E-state index contributed by atoms with van der Waals surface area (Å²) in [5.41, 5.74) is 3.76. The summed E-state index contributed by atoms with van der Waals surface area (Å²) >= 11 is 0. The number of rotatable bonds is 4. The molecule has 0 bridgehead atoms. The lowest BCUT2D eigenvalue weighted by Gasteiger charge is -2.22. The monoisotopic (exact) mass is 435 g/mol. The van der Waals surface area contributed by atoms with Crippen LogP contribution < -0.4 is 10.6 Å². The highest BCUT2D eigenvalue weighted by atomic mass is 19.1. The van der Waals surface area contributed by atoms with E-state index in [1.165, 1.54) is 12.1 Å². The van der Waals surface area contributed by atoms with Gasteiger partial charge in [0.15, 0.2) is 0 Å². The molecular formula is C24H23F2N5O. The lowest BCUT2D eigenvalue weighted by Crippen LogP contribution is -2.30. The fourth-order valence-electron chi connectivity index (χ4n) is 4.30. The van der Waals surface area contributed by atoms with Crippen LogP contribution >= 0.6 is 0 Å². The molecule has 1 fully saturated rings. The van der Waals surface area contributed by atoms with Crippen molar-refractivity contribution >= 4 is 11.7 Å². The van der Waals surface area contributed by atoms with Crippen LogP contribution in [0.4, 0.5) is 8.78 Å². The molecule has 0 saturated carbocycles. The molecule has 0 unspecified atom stereocenters. The summed E-state index contributed by atoms with van der Waals surface area (Å²) in [7, 11) is 0. The summed E-state index contributed by atoms with van der Waals surface area (Å²) in [6.07, 6.45) is 5.73. The first kappa shape index (κ1) is 20.5. The molecule has 2 aliphatic rings. The van der Waals surface area contributed by atoms with Gasteiger partial charge in [-0.2, -0.15) is 5.10 Å². The number of aromatic nitrogens is 2. The van der Waals surface area contributed by atoms with Gasteiger partial charge < -0.3 is 10.6 Å². The van der Waals surface area contributed by atoms with Gasteiger partial charge in [0.05, 0.1) is 24.3 Å². The summed E-state index contributed by atoms with van der Waals surface area (Å²) in [5.74, 6) is -0.942. The van der Waals surface area contributed by atoms with Gasteiger partial charge in [-0.1, -0.05) is 12.1 Å². The number of nitrogens with one attached hydrogen (secondary N) is 2. The van der Waals surface area contributed by atoms with Crippen molar-refractivity contribution in [2.45, 2.75) is 31.8 Å². The quantitative estimate of drug-likeness (QED) is 0.660. The third kappa shape index (κ3) is 4.31. The van der Waals surface area contributed by atoms with E-state index in [2.05, 4.69) is 20.7 Å². The van der Waals surface area contributed by atoms with E-state index in [0.29, 0.717) is 36.0 Å². The summed E-state index contributed by atoms with van der Waals surface area (Å²) in [6, 6.07) is 9.60. The van der Waals surface area contributed by atoms with Gasteiger partial charge in [0.25, 0.3) is 5.91 Å². The largest absolute Gasteiger partial charge is 0.317 e. The summed E-state index contributed by atoms with van der Waals surface area (Å²) in [5, 5.41) is 10.6. The first-order valence-corrected chi connectivity index (χ1v) is 10.7. The van der Waals surface area contributed by atoms with Crippen LogP contribution in [0.1, 0.15) is 51.5 Å². The number of hydrogen-bond acceptors (Lipinski definition) is 4. The summed E-state index contributed by atoms with van der Waals surface area (Å²) in [4.78, 5) is 17.3. The Morgan fingerprint density at radius 3 is 2.66 bits per heavy atom. The maximum atomic E-state index is 13.5. The van der Waals surface area contributed by atoms with Crippen LogP contribution in [0.2, 0.25) is 0 Å². The molecule has 5 rings (SSSR count). The third-order valence-electron chi connectivity index (χ3n) is 5.95. The van der Waals surface area contributed by atoms with Gasteiger partial charge in [0.1, 0.15) is 17.5 Å². The average Bonchev–Trinajstić information content (AvgIpc) is 3.42. The second-order valence-electron chi connectivity index (χ2n) is 8.26. The molecule has 1 saturated heterocycles.